The number of carbonyl (C=O) groups excluding carboxylic acids is 2. The van der Waals surface area contributed by atoms with Crippen LogP contribution in [0.5, 0.6) is 5.75 Å². The van der Waals surface area contributed by atoms with Gasteiger partial charge in [-0.1, -0.05) is 50.0 Å². The second kappa shape index (κ2) is 14.8. The van der Waals surface area contributed by atoms with Gasteiger partial charge in [0.1, 0.15) is 11.4 Å². The van der Waals surface area contributed by atoms with Crippen molar-refractivity contribution in [1.82, 2.24) is 10.9 Å². The van der Waals surface area contributed by atoms with E-state index < -0.39 is 29.1 Å². The van der Waals surface area contributed by atoms with E-state index in [9.17, 15) is 9.59 Å². The smallest absolute Gasteiger partial charge is 0.306 e. The fraction of sp³-hybridized carbons (Fsp3) is 0.531. The molecule has 0 saturated carbocycles. The maximum Gasteiger partial charge on any atom is 0.306 e. The standard InChI is InChI=1S/C32H43Cl2N3O6/c1-30(2,3)16-17-35-37-29(40)32(15-14-26(39)43-31(4,5)6)27(24-13-10-22(33)20-25(24)34)42-28(36-32)21-8-11-23(12-9-21)41-19-7-18-38/h8-13,20,27,35,38H,7,14-19H2,1-6H3,(H,37,40)/t27-,32-/m0/s1. The molecule has 0 saturated heterocycles. The molecule has 2 aromatic rings. The van der Waals surface area contributed by atoms with Crippen LogP contribution in [0.1, 0.15) is 84.5 Å². The lowest BCUT2D eigenvalue weighted by molar-refractivity contribution is -0.155. The lowest BCUT2D eigenvalue weighted by Gasteiger charge is -2.31. The first-order valence-electron chi connectivity index (χ1n) is 14.4. The number of hydrazine groups is 1. The van der Waals surface area contributed by atoms with E-state index in [1.54, 1.807) is 63.2 Å². The summed E-state index contributed by atoms with van der Waals surface area (Å²) in [5.74, 6) is -0.105. The van der Waals surface area contributed by atoms with Crippen LogP contribution >= 0.6 is 23.2 Å². The molecule has 3 rings (SSSR count). The number of aliphatic hydroxyl groups excluding tert-OH is 1. The fourth-order valence-electron chi connectivity index (χ4n) is 4.44. The van der Waals surface area contributed by atoms with Crippen LogP contribution in [0.4, 0.5) is 0 Å². The summed E-state index contributed by atoms with van der Waals surface area (Å²) in [6.07, 6.45) is 0.249. The van der Waals surface area contributed by atoms with Gasteiger partial charge in [0.05, 0.1) is 6.61 Å². The first-order valence-corrected chi connectivity index (χ1v) is 15.2. The number of halogens is 2. The van der Waals surface area contributed by atoms with Gasteiger partial charge in [-0.05, 0) is 75.4 Å². The topological polar surface area (TPSA) is 118 Å². The lowest BCUT2D eigenvalue weighted by atomic mass is 9.83. The van der Waals surface area contributed by atoms with Crippen molar-refractivity contribution in [3.8, 4) is 5.75 Å². The number of ether oxygens (including phenoxy) is 3. The van der Waals surface area contributed by atoms with E-state index in [2.05, 4.69) is 31.6 Å². The number of rotatable bonds is 13. The summed E-state index contributed by atoms with van der Waals surface area (Å²) >= 11 is 12.9. The minimum absolute atomic E-state index is 0.00975. The number of carbonyl (C=O) groups is 2. The average Bonchev–Trinajstić information content (AvgIpc) is 3.29. The Hall–Kier alpha value is -2.85. The van der Waals surface area contributed by atoms with Crippen molar-refractivity contribution in [2.75, 3.05) is 19.8 Å². The second-order valence-electron chi connectivity index (χ2n) is 12.7. The van der Waals surface area contributed by atoms with Crippen molar-refractivity contribution in [2.24, 2.45) is 10.4 Å². The van der Waals surface area contributed by atoms with Gasteiger partial charge in [0.2, 0.25) is 5.90 Å². The van der Waals surface area contributed by atoms with Crippen molar-refractivity contribution in [2.45, 2.75) is 84.5 Å². The molecule has 1 aliphatic heterocycles. The highest BCUT2D eigenvalue weighted by Gasteiger charge is 2.54. The van der Waals surface area contributed by atoms with Gasteiger partial charge in [-0.2, -0.15) is 0 Å². The van der Waals surface area contributed by atoms with Crippen LogP contribution in [0, 0.1) is 5.41 Å². The third kappa shape index (κ3) is 10.1. The van der Waals surface area contributed by atoms with E-state index in [4.69, 9.17) is 47.5 Å². The number of aliphatic imine (C=N–C) groups is 1. The molecular formula is C32H43Cl2N3O6. The Kier molecular flexibility index (Phi) is 11.9. The van der Waals surface area contributed by atoms with Gasteiger partial charge in [-0.3, -0.25) is 15.0 Å². The van der Waals surface area contributed by atoms with E-state index >= 15 is 0 Å². The van der Waals surface area contributed by atoms with E-state index in [0.29, 0.717) is 46.5 Å². The fourth-order valence-corrected chi connectivity index (χ4v) is 4.94. The molecule has 1 heterocycles. The van der Waals surface area contributed by atoms with Gasteiger partial charge in [-0.25, -0.2) is 10.4 Å². The SMILES string of the molecule is CC(C)(C)CCNNC(=O)[C@@]1(CCC(=O)OC(C)(C)C)N=C(c2ccc(OCCCO)cc2)O[C@H]1c1ccc(Cl)cc1Cl. The molecule has 1 amide bonds. The molecule has 9 nitrogen and oxygen atoms in total. The van der Waals surface area contributed by atoms with Crippen LogP contribution in [0.25, 0.3) is 0 Å². The van der Waals surface area contributed by atoms with Crippen molar-refractivity contribution in [1.29, 1.82) is 0 Å². The monoisotopic (exact) mass is 635 g/mol. The second-order valence-corrected chi connectivity index (χ2v) is 13.6. The average molecular weight is 637 g/mol. The Labute approximate surface area is 264 Å². The number of benzene rings is 2. The molecule has 3 N–H and O–H groups in total. The summed E-state index contributed by atoms with van der Waals surface area (Å²) in [4.78, 5) is 31.9. The van der Waals surface area contributed by atoms with Crippen molar-refractivity contribution >= 4 is 41.0 Å². The Bertz CT molecular complexity index is 1290. The normalized spacial score (nSPS) is 18.5. The summed E-state index contributed by atoms with van der Waals surface area (Å²) in [6.45, 7) is 12.6. The largest absolute Gasteiger partial charge is 0.494 e. The number of hydrogen-bond donors (Lipinski definition) is 3. The number of aliphatic hydroxyl groups is 1. The number of nitrogens with one attached hydrogen (secondary N) is 2. The third-order valence-corrected chi connectivity index (χ3v) is 7.17. The zero-order chi connectivity index (χ0) is 31.8. The van der Waals surface area contributed by atoms with Gasteiger partial charge in [0.15, 0.2) is 11.6 Å². The zero-order valence-corrected chi connectivity index (χ0v) is 27.3. The number of amides is 1. The molecular weight excluding hydrogens is 593 g/mol. The number of hydrogen-bond acceptors (Lipinski definition) is 8. The maximum atomic E-state index is 14.1. The molecule has 2 aromatic carbocycles. The first kappa shape index (κ1) is 34.6. The number of esters is 1. The molecule has 236 valence electrons. The Morgan fingerprint density at radius 3 is 2.37 bits per heavy atom. The molecule has 2 atom stereocenters. The molecule has 11 heteroatoms. The molecule has 0 fully saturated rings. The van der Waals surface area contributed by atoms with Crippen LogP contribution in [-0.2, 0) is 19.1 Å². The first-order chi connectivity index (χ1) is 20.1. The highest BCUT2D eigenvalue weighted by Crippen LogP contribution is 2.45. The van der Waals surface area contributed by atoms with E-state index in [1.165, 1.54) is 0 Å². The predicted molar refractivity (Wildman–Crippen MR) is 168 cm³/mol. The molecule has 43 heavy (non-hydrogen) atoms. The molecule has 0 unspecified atom stereocenters. The molecule has 0 spiro atoms. The minimum Gasteiger partial charge on any atom is -0.494 e. The van der Waals surface area contributed by atoms with Crippen LogP contribution in [0.15, 0.2) is 47.5 Å². The Morgan fingerprint density at radius 1 is 1.07 bits per heavy atom. The molecule has 0 aromatic heterocycles. The van der Waals surface area contributed by atoms with Crippen molar-refractivity contribution in [3.63, 3.8) is 0 Å². The molecule has 1 aliphatic rings. The quantitative estimate of drug-likeness (QED) is 0.136. The Morgan fingerprint density at radius 2 is 1.77 bits per heavy atom. The van der Waals surface area contributed by atoms with Gasteiger partial charge in [-0.15, -0.1) is 0 Å². The van der Waals surface area contributed by atoms with Crippen LogP contribution < -0.4 is 15.6 Å². The summed E-state index contributed by atoms with van der Waals surface area (Å²) in [5, 5.41) is 9.75. The molecule has 0 bridgehead atoms. The van der Waals surface area contributed by atoms with Gasteiger partial charge >= 0.3 is 5.97 Å². The van der Waals surface area contributed by atoms with E-state index in [-0.39, 0.29) is 30.8 Å². The minimum atomic E-state index is -1.57. The van der Waals surface area contributed by atoms with Crippen molar-refractivity contribution < 1.29 is 28.9 Å². The number of nitrogens with zero attached hydrogens (tertiary/aromatic N) is 1. The van der Waals surface area contributed by atoms with Gasteiger partial charge in [0.25, 0.3) is 5.91 Å². The van der Waals surface area contributed by atoms with E-state index in [0.717, 1.165) is 6.42 Å². The van der Waals surface area contributed by atoms with Crippen molar-refractivity contribution in [3.05, 3.63) is 63.6 Å². The highest BCUT2D eigenvalue weighted by atomic mass is 35.5. The molecule has 0 radical (unpaired) electrons. The Balaban J connectivity index is 2.02. The third-order valence-electron chi connectivity index (χ3n) is 6.61. The predicted octanol–water partition coefficient (Wildman–Crippen LogP) is 6.19. The summed E-state index contributed by atoms with van der Waals surface area (Å²) < 4.78 is 17.6. The molecule has 0 aliphatic carbocycles. The van der Waals surface area contributed by atoms with Crippen LogP contribution in [0.3, 0.4) is 0 Å². The zero-order valence-electron chi connectivity index (χ0n) is 25.8. The lowest BCUT2D eigenvalue weighted by Crippen LogP contribution is -2.53. The van der Waals surface area contributed by atoms with Gasteiger partial charge < -0.3 is 19.3 Å². The summed E-state index contributed by atoms with van der Waals surface area (Å²) in [7, 11) is 0. The van der Waals surface area contributed by atoms with Crippen LogP contribution in [0.2, 0.25) is 10.0 Å². The van der Waals surface area contributed by atoms with E-state index in [1.807, 2.05) is 0 Å². The van der Waals surface area contributed by atoms with Gasteiger partial charge in [0, 0.05) is 47.2 Å². The van der Waals surface area contributed by atoms with Crippen LogP contribution in [-0.4, -0.2) is 53.8 Å². The maximum absolute atomic E-state index is 14.1. The summed E-state index contributed by atoms with van der Waals surface area (Å²) in [5.41, 5.74) is 4.74. The highest BCUT2D eigenvalue weighted by molar-refractivity contribution is 6.35. The summed E-state index contributed by atoms with van der Waals surface area (Å²) in [6, 6.07) is 12.0.